The maximum Gasteiger partial charge on any atom is 0.229 e. The Hall–Kier alpha value is -2.83. The van der Waals surface area contributed by atoms with Crippen LogP contribution in [0.25, 0.3) is 0 Å². The molecule has 0 spiro atoms. The maximum absolute atomic E-state index is 12.6. The molecule has 0 saturated carbocycles. The summed E-state index contributed by atoms with van der Waals surface area (Å²) < 4.78 is 5.38. The van der Waals surface area contributed by atoms with E-state index in [1.54, 1.807) is 25.3 Å². The van der Waals surface area contributed by atoms with Crippen LogP contribution in [-0.4, -0.2) is 22.9 Å². The van der Waals surface area contributed by atoms with E-state index in [9.17, 15) is 4.79 Å². The summed E-state index contributed by atoms with van der Waals surface area (Å²) in [7, 11) is 1.60. The van der Waals surface area contributed by atoms with Gasteiger partial charge in [0.15, 0.2) is 5.78 Å². The van der Waals surface area contributed by atoms with Crippen LogP contribution >= 0.6 is 23.2 Å². The molecule has 0 unspecified atom stereocenters. The number of carbonyl (C=O) groups is 1. The lowest BCUT2D eigenvalue weighted by molar-refractivity contribution is 0.0972. The molecule has 0 aliphatic heterocycles. The molecule has 1 aromatic heterocycles. The third-order valence-electron chi connectivity index (χ3n) is 4.56. The predicted octanol–water partition coefficient (Wildman–Crippen LogP) is 5.80. The predicted molar refractivity (Wildman–Crippen MR) is 115 cm³/mol. The molecule has 0 radical (unpaired) electrons. The van der Waals surface area contributed by atoms with Crippen LogP contribution in [0.3, 0.4) is 0 Å². The number of ketones is 1. The molecule has 29 heavy (non-hydrogen) atoms. The number of hydrogen-bond donors (Lipinski definition) is 2. The second kappa shape index (κ2) is 8.27. The number of nitrogens with zero attached hydrogens (tertiary/aromatic N) is 2. The summed E-state index contributed by atoms with van der Waals surface area (Å²) in [6, 6.07) is 12.6. The number of nitrogens with one attached hydrogen (secondary N) is 2. The standard InChI is InChI=1S/C21H18Cl2N4O2/c1-29-18-8-3-2-5-15(18)25-21-26-16-6-4-7-17(28)19(16)20(27-21)24-14-10-12(22)9-13(23)11-14/h2-3,5,8-11H,4,6-7H2,1H3,(H2,24,25,26,27). The lowest BCUT2D eigenvalue weighted by atomic mass is 9.95. The quantitative estimate of drug-likeness (QED) is 0.534. The number of anilines is 4. The van der Waals surface area contributed by atoms with Gasteiger partial charge in [0.1, 0.15) is 11.6 Å². The summed E-state index contributed by atoms with van der Waals surface area (Å²) in [5.41, 5.74) is 2.60. The fourth-order valence-electron chi connectivity index (χ4n) is 3.30. The minimum atomic E-state index is 0.0192. The van der Waals surface area contributed by atoms with E-state index in [2.05, 4.69) is 20.6 Å². The highest BCUT2D eigenvalue weighted by atomic mass is 35.5. The summed E-state index contributed by atoms with van der Waals surface area (Å²) in [5.74, 6) is 1.49. The third kappa shape index (κ3) is 4.28. The molecule has 0 fully saturated rings. The van der Waals surface area contributed by atoms with Gasteiger partial charge in [-0.2, -0.15) is 4.98 Å². The van der Waals surface area contributed by atoms with Crippen molar-refractivity contribution in [1.82, 2.24) is 9.97 Å². The Labute approximate surface area is 178 Å². The van der Waals surface area contributed by atoms with E-state index in [1.165, 1.54) is 0 Å². The monoisotopic (exact) mass is 428 g/mol. The topological polar surface area (TPSA) is 76.1 Å². The van der Waals surface area contributed by atoms with Crippen molar-refractivity contribution in [2.24, 2.45) is 0 Å². The molecule has 8 heteroatoms. The summed E-state index contributed by atoms with van der Waals surface area (Å²) in [4.78, 5) is 21.7. The number of benzene rings is 2. The van der Waals surface area contributed by atoms with Gasteiger partial charge in [0.05, 0.1) is 24.1 Å². The van der Waals surface area contributed by atoms with Gasteiger partial charge in [-0.3, -0.25) is 4.79 Å². The molecule has 1 aliphatic rings. The molecule has 2 N–H and O–H groups in total. The van der Waals surface area contributed by atoms with Crippen LogP contribution in [0.4, 0.5) is 23.1 Å². The SMILES string of the molecule is COc1ccccc1Nc1nc2c(c(Nc3cc(Cl)cc(Cl)c3)n1)C(=O)CCC2. The Morgan fingerprint density at radius 1 is 1.00 bits per heavy atom. The van der Waals surface area contributed by atoms with Gasteiger partial charge in [0, 0.05) is 22.2 Å². The minimum absolute atomic E-state index is 0.0192. The summed E-state index contributed by atoms with van der Waals surface area (Å²) in [6.45, 7) is 0. The van der Waals surface area contributed by atoms with Crippen molar-refractivity contribution in [3.63, 3.8) is 0 Å². The second-order valence-electron chi connectivity index (χ2n) is 6.60. The first-order valence-electron chi connectivity index (χ1n) is 9.11. The van der Waals surface area contributed by atoms with Crippen LogP contribution in [0.5, 0.6) is 5.75 Å². The number of aromatic nitrogens is 2. The Morgan fingerprint density at radius 2 is 1.76 bits per heavy atom. The molecule has 6 nitrogen and oxygen atoms in total. The zero-order valence-electron chi connectivity index (χ0n) is 15.6. The molecule has 0 atom stereocenters. The molecule has 0 saturated heterocycles. The van der Waals surface area contributed by atoms with Crippen LogP contribution in [0.15, 0.2) is 42.5 Å². The molecular formula is C21H18Cl2N4O2. The van der Waals surface area contributed by atoms with E-state index >= 15 is 0 Å². The Bertz CT molecular complexity index is 1070. The maximum atomic E-state index is 12.6. The number of halogens is 2. The average Bonchev–Trinajstić information content (AvgIpc) is 2.67. The molecule has 148 valence electrons. The van der Waals surface area contributed by atoms with Crippen molar-refractivity contribution < 1.29 is 9.53 Å². The molecular weight excluding hydrogens is 411 g/mol. The Balaban J connectivity index is 1.76. The highest BCUT2D eigenvalue weighted by molar-refractivity contribution is 6.35. The first-order chi connectivity index (χ1) is 14.0. The van der Waals surface area contributed by atoms with Crippen LogP contribution in [0.1, 0.15) is 28.9 Å². The van der Waals surface area contributed by atoms with E-state index < -0.39 is 0 Å². The lowest BCUT2D eigenvalue weighted by Crippen LogP contribution is -2.18. The van der Waals surface area contributed by atoms with Crippen molar-refractivity contribution in [2.45, 2.75) is 19.3 Å². The zero-order chi connectivity index (χ0) is 20.4. The molecule has 0 bridgehead atoms. The van der Waals surface area contributed by atoms with Gasteiger partial charge < -0.3 is 15.4 Å². The molecule has 1 heterocycles. The van der Waals surface area contributed by atoms with E-state index in [1.807, 2.05) is 24.3 Å². The van der Waals surface area contributed by atoms with Gasteiger partial charge in [-0.1, -0.05) is 35.3 Å². The van der Waals surface area contributed by atoms with Crippen LogP contribution in [0.2, 0.25) is 10.0 Å². The lowest BCUT2D eigenvalue weighted by Gasteiger charge is -2.20. The summed E-state index contributed by atoms with van der Waals surface area (Å²) >= 11 is 12.2. The summed E-state index contributed by atoms with van der Waals surface area (Å²) in [6.07, 6.45) is 1.94. The van der Waals surface area contributed by atoms with E-state index in [0.717, 1.165) is 12.1 Å². The van der Waals surface area contributed by atoms with Crippen LogP contribution in [0, 0.1) is 0 Å². The fraction of sp³-hybridized carbons (Fsp3) is 0.190. The van der Waals surface area contributed by atoms with Gasteiger partial charge in [-0.05, 0) is 43.2 Å². The van der Waals surface area contributed by atoms with Gasteiger partial charge in [0.25, 0.3) is 0 Å². The third-order valence-corrected chi connectivity index (χ3v) is 5.00. The van der Waals surface area contributed by atoms with E-state index in [0.29, 0.717) is 57.3 Å². The van der Waals surface area contributed by atoms with Gasteiger partial charge in [0.2, 0.25) is 5.95 Å². The highest BCUT2D eigenvalue weighted by Gasteiger charge is 2.25. The molecule has 2 aromatic carbocycles. The second-order valence-corrected chi connectivity index (χ2v) is 7.48. The number of fused-ring (bicyclic) bond motifs is 1. The smallest absolute Gasteiger partial charge is 0.229 e. The average molecular weight is 429 g/mol. The van der Waals surface area contributed by atoms with Gasteiger partial charge in [-0.25, -0.2) is 4.98 Å². The van der Waals surface area contributed by atoms with Crippen molar-refractivity contribution >= 4 is 52.1 Å². The number of carbonyl (C=O) groups excluding carboxylic acids is 1. The first-order valence-corrected chi connectivity index (χ1v) is 9.86. The van der Waals surface area contributed by atoms with Crippen LogP contribution in [-0.2, 0) is 6.42 Å². The number of aryl methyl sites for hydroxylation is 1. The van der Waals surface area contributed by atoms with Gasteiger partial charge in [-0.15, -0.1) is 0 Å². The number of hydrogen-bond acceptors (Lipinski definition) is 6. The first kappa shape index (κ1) is 19.5. The van der Waals surface area contributed by atoms with Gasteiger partial charge >= 0.3 is 0 Å². The molecule has 3 aromatic rings. The van der Waals surface area contributed by atoms with E-state index in [-0.39, 0.29) is 5.78 Å². The van der Waals surface area contributed by atoms with Crippen molar-refractivity contribution in [3.05, 3.63) is 63.8 Å². The number of Topliss-reactive ketones (excluding diaryl/α,β-unsaturated/α-hetero) is 1. The zero-order valence-corrected chi connectivity index (χ0v) is 17.1. The van der Waals surface area contributed by atoms with Crippen molar-refractivity contribution in [2.75, 3.05) is 17.7 Å². The normalized spacial score (nSPS) is 13.0. The number of rotatable bonds is 5. The van der Waals surface area contributed by atoms with E-state index in [4.69, 9.17) is 27.9 Å². The Morgan fingerprint density at radius 3 is 2.52 bits per heavy atom. The number of ether oxygens (including phenoxy) is 1. The van der Waals surface area contributed by atoms with Crippen molar-refractivity contribution in [1.29, 1.82) is 0 Å². The molecule has 1 aliphatic carbocycles. The summed E-state index contributed by atoms with van der Waals surface area (Å²) in [5, 5.41) is 7.35. The minimum Gasteiger partial charge on any atom is -0.495 e. The van der Waals surface area contributed by atoms with Crippen LogP contribution < -0.4 is 15.4 Å². The molecule has 4 rings (SSSR count). The van der Waals surface area contributed by atoms with Crippen molar-refractivity contribution in [3.8, 4) is 5.75 Å². The fourth-order valence-corrected chi connectivity index (χ4v) is 3.83. The largest absolute Gasteiger partial charge is 0.495 e. The number of para-hydroxylation sites is 2. The Kier molecular flexibility index (Phi) is 5.56. The molecule has 0 amide bonds. The highest BCUT2D eigenvalue weighted by Crippen LogP contribution is 2.32. The number of methoxy groups -OCH3 is 1.